The first kappa shape index (κ1) is 23.0. The van der Waals surface area contributed by atoms with Gasteiger partial charge < -0.3 is 0 Å². The van der Waals surface area contributed by atoms with Gasteiger partial charge >= 0.3 is 0 Å². The van der Waals surface area contributed by atoms with Crippen molar-refractivity contribution in [2.75, 3.05) is 38.8 Å². The molecule has 0 radical (unpaired) electrons. The zero-order chi connectivity index (χ0) is 20.0. The average Bonchev–Trinajstić information content (AvgIpc) is 2.47. The first-order valence-corrected chi connectivity index (χ1v) is 12.6. The number of rotatable bonds is 11. The van der Waals surface area contributed by atoms with E-state index in [1.165, 1.54) is 12.1 Å². The molecule has 0 amide bonds. The first-order chi connectivity index (χ1) is 11.8. The lowest BCUT2D eigenvalue weighted by Gasteiger charge is -2.22. The van der Waals surface area contributed by atoms with Gasteiger partial charge in [-0.15, -0.1) is 0 Å². The van der Waals surface area contributed by atoms with Gasteiger partial charge in [-0.05, 0) is 25.5 Å². The number of benzene rings is 1. The highest BCUT2D eigenvalue weighted by Gasteiger charge is 2.24. The number of hydrogen-bond acceptors (Lipinski definition) is 8. The summed E-state index contributed by atoms with van der Waals surface area (Å²) in [5.41, 5.74) is 0.887. The van der Waals surface area contributed by atoms with Gasteiger partial charge in [0.1, 0.15) is 0 Å². The van der Waals surface area contributed by atoms with Gasteiger partial charge in [0, 0.05) is 13.1 Å². The van der Waals surface area contributed by atoms with Crippen molar-refractivity contribution in [3.63, 3.8) is 0 Å². The Labute approximate surface area is 155 Å². The van der Waals surface area contributed by atoms with E-state index in [9.17, 15) is 25.3 Å². The smallest absolute Gasteiger partial charge is 0.264 e. The Bertz CT molecular complexity index is 890. The summed E-state index contributed by atoms with van der Waals surface area (Å²) in [4.78, 5) is 0.0477. The molecule has 0 saturated heterocycles. The van der Waals surface area contributed by atoms with Gasteiger partial charge in [-0.2, -0.15) is 21.1 Å². The van der Waals surface area contributed by atoms with E-state index >= 15 is 0 Å². The van der Waals surface area contributed by atoms with E-state index in [1.807, 2.05) is 6.92 Å². The van der Waals surface area contributed by atoms with Crippen LogP contribution >= 0.6 is 0 Å². The quantitative estimate of drug-likeness (QED) is 0.364. The molecule has 0 unspecified atom stereocenters. The molecule has 0 aliphatic rings. The predicted molar refractivity (Wildman–Crippen MR) is 96.1 cm³/mol. The highest BCUT2D eigenvalue weighted by atomic mass is 32.2. The maximum Gasteiger partial charge on any atom is 0.264 e. The summed E-state index contributed by atoms with van der Waals surface area (Å²) < 4.78 is 79.8. The van der Waals surface area contributed by atoms with E-state index in [2.05, 4.69) is 8.37 Å². The molecule has 150 valence electrons. The number of hydrogen-bond donors (Lipinski definition) is 0. The standard InChI is InChI=1S/C14H23NO8S3/c1-13-5-7-14(8-6-13)26(20,21)15(10-12-23-25(3,18)19)9-4-11-22-24(2,16)17/h5-8H,4,9-12H2,1-3H3. The van der Waals surface area contributed by atoms with Crippen LogP contribution in [-0.2, 0) is 38.6 Å². The average molecular weight is 430 g/mol. The molecule has 0 atom stereocenters. The molecule has 0 spiro atoms. The van der Waals surface area contributed by atoms with E-state index in [0.717, 1.165) is 22.4 Å². The van der Waals surface area contributed by atoms with Gasteiger partial charge in [0.25, 0.3) is 20.2 Å². The first-order valence-electron chi connectivity index (χ1n) is 7.57. The second-order valence-corrected chi connectivity index (χ2v) is 10.8. The maximum absolute atomic E-state index is 12.8. The highest BCUT2D eigenvalue weighted by molar-refractivity contribution is 7.89. The van der Waals surface area contributed by atoms with Crippen molar-refractivity contribution in [2.24, 2.45) is 0 Å². The van der Waals surface area contributed by atoms with Crippen molar-refractivity contribution >= 4 is 30.3 Å². The largest absolute Gasteiger partial charge is 0.270 e. The normalized spacial score (nSPS) is 13.2. The van der Waals surface area contributed by atoms with Crippen LogP contribution in [0, 0.1) is 6.92 Å². The molecule has 9 nitrogen and oxygen atoms in total. The van der Waals surface area contributed by atoms with Crippen molar-refractivity contribution < 1.29 is 33.6 Å². The van der Waals surface area contributed by atoms with Crippen molar-refractivity contribution in [3.8, 4) is 0 Å². The summed E-state index contributed by atoms with van der Waals surface area (Å²) in [6.07, 6.45) is 1.87. The summed E-state index contributed by atoms with van der Waals surface area (Å²) in [5.74, 6) is 0. The minimum absolute atomic E-state index is 0.0477. The molecule has 0 bridgehead atoms. The zero-order valence-electron chi connectivity index (χ0n) is 14.8. The van der Waals surface area contributed by atoms with Crippen LogP contribution in [0.2, 0.25) is 0 Å². The Morgan fingerprint density at radius 1 is 0.808 bits per heavy atom. The molecule has 12 heteroatoms. The van der Waals surface area contributed by atoms with E-state index in [4.69, 9.17) is 0 Å². The molecule has 1 rings (SSSR count). The molecule has 0 aliphatic heterocycles. The Morgan fingerprint density at radius 2 is 1.31 bits per heavy atom. The summed E-state index contributed by atoms with van der Waals surface area (Å²) in [6, 6.07) is 6.18. The molecular formula is C14H23NO8S3. The Hall–Kier alpha value is -1.05. The molecule has 0 saturated carbocycles. The van der Waals surface area contributed by atoms with Crippen LogP contribution in [0.3, 0.4) is 0 Å². The van der Waals surface area contributed by atoms with Gasteiger partial charge in [0.15, 0.2) is 0 Å². The molecule has 0 fully saturated rings. The topological polar surface area (TPSA) is 124 Å². The molecule has 26 heavy (non-hydrogen) atoms. The van der Waals surface area contributed by atoms with Crippen LogP contribution in [0.15, 0.2) is 29.2 Å². The van der Waals surface area contributed by atoms with E-state index in [0.29, 0.717) is 0 Å². The summed E-state index contributed by atoms with van der Waals surface area (Å²) in [5, 5.41) is 0. The molecule has 0 heterocycles. The lowest BCUT2D eigenvalue weighted by molar-refractivity contribution is 0.259. The lowest BCUT2D eigenvalue weighted by Crippen LogP contribution is -2.35. The van der Waals surface area contributed by atoms with E-state index < -0.39 is 30.3 Å². The third-order valence-electron chi connectivity index (χ3n) is 3.15. The lowest BCUT2D eigenvalue weighted by atomic mass is 10.2. The van der Waals surface area contributed by atoms with Crippen molar-refractivity contribution in [1.82, 2.24) is 4.31 Å². The molecule has 0 aromatic heterocycles. The Kier molecular flexibility index (Phi) is 8.17. The maximum atomic E-state index is 12.8. The van der Waals surface area contributed by atoms with Crippen LogP contribution in [-0.4, -0.2) is 68.4 Å². The van der Waals surface area contributed by atoms with Crippen LogP contribution < -0.4 is 0 Å². The predicted octanol–water partition coefficient (Wildman–Crippen LogP) is 0.328. The fourth-order valence-corrected chi connectivity index (χ4v) is 4.21. The van der Waals surface area contributed by atoms with Crippen LogP contribution in [0.25, 0.3) is 0 Å². The fourth-order valence-electron chi connectivity index (χ4n) is 1.95. The van der Waals surface area contributed by atoms with Gasteiger partial charge in [0.2, 0.25) is 10.0 Å². The second-order valence-electron chi connectivity index (χ2n) is 5.62. The number of aryl methyl sites for hydroxylation is 1. The fraction of sp³-hybridized carbons (Fsp3) is 0.571. The molecule has 1 aromatic rings. The zero-order valence-corrected chi connectivity index (χ0v) is 17.2. The highest BCUT2D eigenvalue weighted by Crippen LogP contribution is 2.17. The third kappa shape index (κ3) is 8.56. The summed E-state index contributed by atoms with van der Waals surface area (Å²) in [7, 11) is -11.2. The number of nitrogens with zero attached hydrogens (tertiary/aromatic N) is 1. The molecular weight excluding hydrogens is 406 g/mol. The van der Waals surface area contributed by atoms with Gasteiger partial charge in [-0.25, -0.2) is 8.42 Å². The van der Waals surface area contributed by atoms with Crippen LogP contribution in [0.5, 0.6) is 0 Å². The van der Waals surface area contributed by atoms with Crippen LogP contribution in [0.4, 0.5) is 0 Å². The van der Waals surface area contributed by atoms with E-state index in [-0.39, 0.29) is 37.6 Å². The van der Waals surface area contributed by atoms with Crippen molar-refractivity contribution in [3.05, 3.63) is 29.8 Å². The summed E-state index contributed by atoms with van der Waals surface area (Å²) in [6.45, 7) is 1.01. The molecule has 1 aromatic carbocycles. The minimum atomic E-state index is -3.90. The van der Waals surface area contributed by atoms with Crippen LogP contribution in [0.1, 0.15) is 12.0 Å². The molecule has 0 aliphatic carbocycles. The Morgan fingerprint density at radius 3 is 1.81 bits per heavy atom. The van der Waals surface area contributed by atoms with Gasteiger partial charge in [-0.1, -0.05) is 17.7 Å². The third-order valence-corrected chi connectivity index (χ3v) is 6.25. The molecule has 0 N–H and O–H groups in total. The SMILES string of the molecule is Cc1ccc(S(=O)(=O)N(CCCOS(C)(=O)=O)CCOS(C)(=O)=O)cc1. The monoisotopic (exact) mass is 429 g/mol. The second kappa shape index (κ2) is 9.24. The number of sulfonamides is 1. The minimum Gasteiger partial charge on any atom is -0.270 e. The van der Waals surface area contributed by atoms with E-state index in [1.54, 1.807) is 12.1 Å². The van der Waals surface area contributed by atoms with Crippen molar-refractivity contribution in [1.29, 1.82) is 0 Å². The summed E-state index contributed by atoms with van der Waals surface area (Å²) >= 11 is 0. The Balaban J connectivity index is 2.88. The van der Waals surface area contributed by atoms with Crippen molar-refractivity contribution in [2.45, 2.75) is 18.2 Å². The van der Waals surface area contributed by atoms with Gasteiger partial charge in [-0.3, -0.25) is 8.37 Å². The van der Waals surface area contributed by atoms with Gasteiger partial charge in [0.05, 0.1) is 30.6 Å².